The summed E-state index contributed by atoms with van der Waals surface area (Å²) in [6, 6.07) is 4.51. The second kappa shape index (κ2) is 12.2. The highest BCUT2D eigenvalue weighted by atomic mass is 32.2. The number of fused-ring (bicyclic) bond motifs is 3. The van der Waals surface area contributed by atoms with Crippen molar-refractivity contribution in [2.45, 2.75) is 63.5 Å². The smallest absolute Gasteiger partial charge is 0.161 e. The highest BCUT2D eigenvalue weighted by Crippen LogP contribution is 2.43. The summed E-state index contributed by atoms with van der Waals surface area (Å²) in [5.74, 6) is 3.67. The molecule has 2 aliphatic heterocycles. The summed E-state index contributed by atoms with van der Waals surface area (Å²) in [4.78, 5) is 2.56. The van der Waals surface area contributed by atoms with Gasteiger partial charge in [0.25, 0.3) is 0 Å². The number of ether oxygens (including phenoxy) is 2. The van der Waals surface area contributed by atoms with Crippen LogP contribution in [0.4, 0.5) is 4.39 Å². The Morgan fingerprint density at radius 2 is 1.80 bits per heavy atom. The largest absolute Gasteiger partial charge is 0.493 e. The van der Waals surface area contributed by atoms with E-state index < -0.39 is 0 Å². The van der Waals surface area contributed by atoms with Crippen LogP contribution in [0.2, 0.25) is 0 Å². The van der Waals surface area contributed by atoms with Crippen molar-refractivity contribution in [2.24, 2.45) is 5.92 Å². The van der Waals surface area contributed by atoms with E-state index in [1.165, 1.54) is 43.2 Å². The average Bonchev–Trinajstić information content (AvgIpc) is 2.77. The third kappa shape index (κ3) is 6.04. The maximum absolute atomic E-state index is 12.1. The van der Waals surface area contributed by atoms with Crippen molar-refractivity contribution in [3.05, 3.63) is 23.3 Å². The quantitative estimate of drug-likeness (QED) is 0.463. The molecule has 0 saturated carbocycles. The van der Waals surface area contributed by atoms with E-state index in [9.17, 15) is 9.50 Å². The van der Waals surface area contributed by atoms with E-state index in [2.05, 4.69) is 17.0 Å². The van der Waals surface area contributed by atoms with E-state index in [-0.39, 0.29) is 18.8 Å². The number of piperidine rings is 1. The number of methoxy groups -OCH3 is 2. The zero-order valence-electron chi connectivity index (χ0n) is 18.6. The summed E-state index contributed by atoms with van der Waals surface area (Å²) in [6.45, 7) is 1.83. The lowest BCUT2D eigenvalue weighted by atomic mass is 9.80. The Bertz CT molecular complexity index is 660. The highest BCUT2D eigenvalue weighted by molar-refractivity contribution is 7.99. The summed E-state index contributed by atoms with van der Waals surface area (Å²) in [5, 5.41) is 10.9. The normalized spacial score (nSPS) is 23.7. The molecule has 0 radical (unpaired) electrons. The van der Waals surface area contributed by atoms with Crippen molar-refractivity contribution in [3.8, 4) is 11.5 Å². The Morgan fingerprint density at radius 3 is 2.57 bits per heavy atom. The number of rotatable bonds is 12. The van der Waals surface area contributed by atoms with E-state index in [1.807, 2.05) is 0 Å². The van der Waals surface area contributed by atoms with Gasteiger partial charge in [0.05, 0.1) is 27.0 Å². The van der Waals surface area contributed by atoms with Gasteiger partial charge >= 0.3 is 0 Å². The topological polar surface area (TPSA) is 41.9 Å². The van der Waals surface area contributed by atoms with Crippen molar-refractivity contribution < 1.29 is 19.0 Å². The Kier molecular flexibility index (Phi) is 9.60. The number of thioether (sulfide) groups is 1. The molecule has 0 aliphatic carbocycles. The van der Waals surface area contributed by atoms with Crippen molar-refractivity contribution in [1.29, 1.82) is 0 Å². The van der Waals surface area contributed by atoms with Gasteiger partial charge in [-0.1, -0.05) is 25.7 Å². The minimum absolute atomic E-state index is 0.209. The minimum Gasteiger partial charge on any atom is -0.493 e. The summed E-state index contributed by atoms with van der Waals surface area (Å²) >= 11 is 1.72. The number of aliphatic hydroxyl groups is 1. The van der Waals surface area contributed by atoms with Crippen LogP contribution in [0.5, 0.6) is 11.5 Å². The standard InChI is InChI=1S/C24H38FNO3S/c1-28-23-14-18-9-11-26-17-19(8-6-4-3-5-7-12-30-13-10-25)22(27)16-21(26)20(18)15-24(23)29-2/h14-15,19,21-22,27H,3-13,16-17H2,1-2H3/t19-,21-,22-/m1/s1/i25+0. The fourth-order valence-corrected chi connectivity index (χ4v) is 5.72. The molecular weight excluding hydrogens is 401 g/mol. The number of halogens is 1. The molecule has 1 aromatic rings. The van der Waals surface area contributed by atoms with Crippen LogP contribution in [0.15, 0.2) is 12.1 Å². The van der Waals surface area contributed by atoms with Gasteiger partial charge < -0.3 is 14.6 Å². The molecule has 30 heavy (non-hydrogen) atoms. The number of nitrogens with zero attached hydrogens (tertiary/aromatic N) is 1. The van der Waals surface area contributed by atoms with Gasteiger partial charge in [0.1, 0.15) is 0 Å². The van der Waals surface area contributed by atoms with Gasteiger partial charge in [-0.3, -0.25) is 9.29 Å². The number of hydrogen-bond donors (Lipinski definition) is 1. The number of aliphatic hydroxyl groups excluding tert-OH is 1. The first-order valence-electron chi connectivity index (χ1n) is 11.5. The molecular formula is C24H38FNO3S. The van der Waals surface area contributed by atoms with E-state index in [0.29, 0.717) is 11.7 Å². The lowest BCUT2D eigenvalue weighted by Crippen LogP contribution is -2.48. The zero-order chi connectivity index (χ0) is 21.3. The second-order valence-corrected chi connectivity index (χ2v) is 9.81. The average molecular weight is 440 g/mol. The molecule has 170 valence electrons. The molecule has 3 atom stereocenters. The predicted octanol–water partition coefficient (Wildman–Crippen LogP) is 5.03. The predicted molar refractivity (Wildman–Crippen MR) is 123 cm³/mol. The maximum atomic E-state index is 12.1. The van der Waals surface area contributed by atoms with Crippen LogP contribution >= 0.6 is 11.8 Å². The summed E-state index contributed by atoms with van der Waals surface area (Å²) in [7, 11) is 3.36. The number of hydrogen-bond acceptors (Lipinski definition) is 5. The Morgan fingerprint density at radius 1 is 1.07 bits per heavy atom. The third-order valence-electron chi connectivity index (χ3n) is 6.68. The van der Waals surface area contributed by atoms with Gasteiger partial charge in [0.15, 0.2) is 11.5 Å². The first-order chi connectivity index (χ1) is 14.7. The minimum atomic E-state index is -0.234. The zero-order valence-corrected chi connectivity index (χ0v) is 19.4. The molecule has 3 rings (SSSR count). The molecule has 0 spiro atoms. The molecule has 0 amide bonds. The van der Waals surface area contributed by atoms with Crippen molar-refractivity contribution >= 4 is 11.8 Å². The molecule has 1 saturated heterocycles. The molecule has 2 heterocycles. The maximum Gasteiger partial charge on any atom is 0.161 e. The summed E-state index contributed by atoms with van der Waals surface area (Å²) in [5.41, 5.74) is 2.62. The number of benzene rings is 1. The van der Waals surface area contributed by atoms with Crippen LogP contribution in [-0.2, 0) is 6.42 Å². The van der Waals surface area contributed by atoms with Crippen LogP contribution in [0, 0.1) is 5.92 Å². The van der Waals surface area contributed by atoms with Crippen molar-refractivity contribution in [3.63, 3.8) is 0 Å². The highest BCUT2D eigenvalue weighted by Gasteiger charge is 2.38. The molecule has 1 fully saturated rings. The lowest BCUT2D eigenvalue weighted by molar-refractivity contribution is -0.0158. The van der Waals surface area contributed by atoms with Crippen molar-refractivity contribution in [2.75, 3.05) is 45.5 Å². The van der Waals surface area contributed by atoms with E-state index >= 15 is 0 Å². The molecule has 4 nitrogen and oxygen atoms in total. The third-order valence-corrected chi connectivity index (χ3v) is 7.70. The van der Waals surface area contributed by atoms with E-state index in [4.69, 9.17) is 9.47 Å². The number of unbranched alkanes of at least 4 members (excludes halogenated alkanes) is 4. The van der Waals surface area contributed by atoms with Gasteiger partial charge in [0, 0.05) is 24.9 Å². The Balaban J connectivity index is 1.46. The summed E-state index contributed by atoms with van der Waals surface area (Å²) in [6.07, 6.45) is 8.82. The van der Waals surface area contributed by atoms with E-state index in [1.54, 1.807) is 26.0 Å². The van der Waals surface area contributed by atoms with Gasteiger partial charge in [0.2, 0.25) is 0 Å². The van der Waals surface area contributed by atoms with Gasteiger partial charge in [-0.2, -0.15) is 11.8 Å². The van der Waals surface area contributed by atoms with E-state index in [0.717, 1.165) is 49.6 Å². The van der Waals surface area contributed by atoms with Crippen LogP contribution < -0.4 is 9.47 Å². The van der Waals surface area contributed by atoms with Crippen LogP contribution in [0.3, 0.4) is 0 Å². The van der Waals surface area contributed by atoms with Crippen molar-refractivity contribution in [1.82, 2.24) is 4.90 Å². The van der Waals surface area contributed by atoms with Crippen LogP contribution in [-0.4, -0.2) is 61.6 Å². The van der Waals surface area contributed by atoms with Gasteiger partial charge in [-0.05, 0) is 60.6 Å². The van der Waals surface area contributed by atoms with Crippen LogP contribution in [0.25, 0.3) is 0 Å². The molecule has 6 heteroatoms. The SMILES string of the molecule is COc1cc2c(cc1OC)[C@H]1C[C@@H](O)[C@H](CCCCCCCSCC[19F])CN1CC2. The fraction of sp³-hybridized carbons (Fsp3) is 0.750. The first kappa shape index (κ1) is 23.7. The van der Waals surface area contributed by atoms with Gasteiger partial charge in [-0.25, -0.2) is 0 Å². The fourth-order valence-electron chi connectivity index (χ4n) is 5.00. The Labute approximate surface area is 185 Å². The molecule has 1 aromatic carbocycles. The lowest BCUT2D eigenvalue weighted by Gasteiger charge is -2.46. The second-order valence-electron chi connectivity index (χ2n) is 8.59. The first-order valence-corrected chi connectivity index (χ1v) is 12.6. The molecule has 2 aliphatic rings. The Hall–Kier alpha value is -0.980. The molecule has 0 unspecified atom stereocenters. The molecule has 0 aromatic heterocycles. The molecule has 0 bridgehead atoms. The summed E-state index contributed by atoms with van der Waals surface area (Å²) < 4.78 is 23.1. The van der Waals surface area contributed by atoms with Crippen LogP contribution in [0.1, 0.15) is 62.1 Å². The molecule has 1 N–H and O–H groups in total. The van der Waals surface area contributed by atoms with Gasteiger partial charge in [-0.15, -0.1) is 0 Å². The monoisotopic (exact) mass is 439 g/mol. The number of alkyl halides is 1.